The van der Waals surface area contributed by atoms with Gasteiger partial charge in [-0.05, 0) is 52.3 Å². The molecular formula is C22H22IN3O2. The Balaban J connectivity index is 1.78. The maximum atomic E-state index is 12.4. The highest BCUT2D eigenvalue weighted by molar-refractivity contribution is 14.1. The number of halogens is 1. The number of carbonyl (C=O) groups is 1. The Morgan fingerprint density at radius 3 is 2.39 bits per heavy atom. The third-order valence-corrected chi connectivity index (χ3v) is 5.02. The number of aryl methyl sites for hydroxylation is 1. The van der Waals surface area contributed by atoms with Crippen LogP contribution in [0, 0.1) is 3.57 Å². The molecule has 0 unspecified atom stereocenters. The predicted octanol–water partition coefficient (Wildman–Crippen LogP) is 4.37. The Labute approximate surface area is 178 Å². The molecule has 0 spiro atoms. The van der Waals surface area contributed by atoms with Gasteiger partial charge in [0.1, 0.15) is 0 Å². The summed E-state index contributed by atoms with van der Waals surface area (Å²) in [7, 11) is 0. The van der Waals surface area contributed by atoms with Crippen molar-refractivity contribution in [2.45, 2.75) is 32.8 Å². The maximum Gasteiger partial charge on any atom is 0.229 e. The molecular weight excluding hydrogens is 465 g/mol. The van der Waals surface area contributed by atoms with Crippen molar-refractivity contribution in [3.63, 3.8) is 0 Å². The highest BCUT2D eigenvalue weighted by atomic mass is 127. The molecule has 6 heteroatoms. The van der Waals surface area contributed by atoms with Gasteiger partial charge in [-0.1, -0.05) is 49.7 Å². The Morgan fingerprint density at radius 1 is 1.07 bits per heavy atom. The topological polar surface area (TPSA) is 75.1 Å². The summed E-state index contributed by atoms with van der Waals surface area (Å²) in [5.41, 5.74) is 4.28. The van der Waals surface area contributed by atoms with Gasteiger partial charge in [-0.15, -0.1) is 0 Å². The minimum atomic E-state index is -0.104. The van der Waals surface area contributed by atoms with E-state index < -0.39 is 0 Å². The van der Waals surface area contributed by atoms with Gasteiger partial charge in [-0.25, -0.2) is 9.97 Å². The minimum absolute atomic E-state index is 0.0125. The van der Waals surface area contributed by atoms with Crippen molar-refractivity contribution in [2.24, 2.45) is 0 Å². The lowest BCUT2D eigenvalue weighted by molar-refractivity contribution is -0.115. The van der Waals surface area contributed by atoms with Crippen molar-refractivity contribution in [1.29, 1.82) is 0 Å². The smallest absolute Gasteiger partial charge is 0.229 e. The Bertz CT molecular complexity index is 941. The fourth-order valence-corrected chi connectivity index (χ4v) is 3.19. The zero-order chi connectivity index (χ0) is 19.9. The summed E-state index contributed by atoms with van der Waals surface area (Å²) < 4.78 is 1.14. The average molecular weight is 487 g/mol. The van der Waals surface area contributed by atoms with Gasteiger partial charge in [0.25, 0.3) is 0 Å². The van der Waals surface area contributed by atoms with Crippen LogP contribution in [0.4, 0.5) is 5.82 Å². The van der Waals surface area contributed by atoms with Crippen LogP contribution in [0.15, 0.2) is 54.7 Å². The number of nitrogens with one attached hydrogen (secondary N) is 1. The number of aromatic nitrogens is 2. The second-order valence-electron chi connectivity index (χ2n) is 6.51. The average Bonchev–Trinajstić information content (AvgIpc) is 2.71. The molecule has 0 bridgehead atoms. The largest absolute Gasteiger partial charge is 0.392 e. The number of amides is 1. The summed E-state index contributed by atoms with van der Waals surface area (Å²) >= 11 is 2.24. The standard InChI is InChI=1S/C22H22IN3O2/c1-2-3-19-22(26-21(28)12-15-6-10-18(23)11-7-15)24-13-20(25-19)17-8-4-16(14-27)5-9-17/h4-11,13,27H,2-3,12,14H2,1H3,(H,24,26,28). The van der Waals surface area contributed by atoms with E-state index in [0.29, 0.717) is 12.2 Å². The maximum absolute atomic E-state index is 12.4. The van der Waals surface area contributed by atoms with Crippen LogP contribution in [0.3, 0.4) is 0 Å². The summed E-state index contributed by atoms with van der Waals surface area (Å²) in [6, 6.07) is 15.5. The first-order chi connectivity index (χ1) is 13.6. The molecule has 1 aromatic heterocycles. The molecule has 144 valence electrons. The van der Waals surface area contributed by atoms with Crippen LogP contribution < -0.4 is 5.32 Å². The minimum Gasteiger partial charge on any atom is -0.392 e. The molecule has 0 saturated heterocycles. The molecule has 1 amide bonds. The lowest BCUT2D eigenvalue weighted by atomic mass is 10.1. The number of hydrogen-bond donors (Lipinski definition) is 2. The van der Waals surface area contributed by atoms with Crippen molar-refractivity contribution in [2.75, 3.05) is 5.32 Å². The van der Waals surface area contributed by atoms with Crippen LogP contribution in [-0.2, 0) is 24.2 Å². The van der Waals surface area contributed by atoms with Crippen molar-refractivity contribution < 1.29 is 9.90 Å². The van der Waals surface area contributed by atoms with Gasteiger partial charge < -0.3 is 10.4 Å². The van der Waals surface area contributed by atoms with Gasteiger partial charge in [0.15, 0.2) is 5.82 Å². The van der Waals surface area contributed by atoms with E-state index in [1.165, 1.54) is 0 Å². The number of rotatable bonds is 7. The fourth-order valence-electron chi connectivity index (χ4n) is 2.83. The lowest BCUT2D eigenvalue weighted by Crippen LogP contribution is -2.17. The van der Waals surface area contributed by atoms with Crippen LogP contribution in [-0.4, -0.2) is 21.0 Å². The normalized spacial score (nSPS) is 10.7. The molecule has 2 N–H and O–H groups in total. The second-order valence-corrected chi connectivity index (χ2v) is 7.75. The zero-order valence-corrected chi connectivity index (χ0v) is 17.8. The van der Waals surface area contributed by atoms with E-state index in [-0.39, 0.29) is 12.5 Å². The number of anilines is 1. The van der Waals surface area contributed by atoms with Gasteiger partial charge in [-0.3, -0.25) is 4.79 Å². The predicted molar refractivity (Wildman–Crippen MR) is 119 cm³/mol. The van der Waals surface area contributed by atoms with Crippen LogP contribution >= 0.6 is 22.6 Å². The van der Waals surface area contributed by atoms with Crippen molar-refractivity contribution in [3.05, 3.63) is 75.1 Å². The number of carbonyl (C=O) groups excluding carboxylic acids is 1. The Morgan fingerprint density at radius 2 is 1.75 bits per heavy atom. The van der Waals surface area contributed by atoms with Crippen molar-refractivity contribution in [3.8, 4) is 11.3 Å². The van der Waals surface area contributed by atoms with Gasteiger partial charge >= 0.3 is 0 Å². The number of aliphatic hydroxyl groups is 1. The third-order valence-electron chi connectivity index (χ3n) is 4.30. The first-order valence-corrected chi connectivity index (χ1v) is 10.3. The summed E-state index contributed by atoms with van der Waals surface area (Å²) in [6.07, 6.45) is 3.61. The molecule has 3 aromatic rings. The molecule has 0 aliphatic carbocycles. The molecule has 3 rings (SSSR count). The highest BCUT2D eigenvalue weighted by Crippen LogP contribution is 2.21. The Hall–Kier alpha value is -2.32. The first kappa shape index (κ1) is 20.4. The zero-order valence-electron chi connectivity index (χ0n) is 15.7. The third kappa shape index (κ3) is 5.36. The van der Waals surface area contributed by atoms with E-state index in [0.717, 1.165) is 44.5 Å². The van der Waals surface area contributed by atoms with E-state index in [1.54, 1.807) is 6.20 Å². The highest BCUT2D eigenvalue weighted by Gasteiger charge is 2.12. The number of hydrogen-bond acceptors (Lipinski definition) is 4. The van der Waals surface area contributed by atoms with Crippen LogP contribution in [0.1, 0.15) is 30.2 Å². The summed E-state index contributed by atoms with van der Waals surface area (Å²) in [6.45, 7) is 2.08. The van der Waals surface area contributed by atoms with Crippen LogP contribution in [0.25, 0.3) is 11.3 Å². The Kier molecular flexibility index (Phi) is 7.11. The van der Waals surface area contributed by atoms with Gasteiger partial charge in [-0.2, -0.15) is 0 Å². The number of benzene rings is 2. The van der Waals surface area contributed by atoms with E-state index >= 15 is 0 Å². The molecule has 0 fully saturated rings. The molecule has 2 aromatic carbocycles. The first-order valence-electron chi connectivity index (χ1n) is 9.19. The number of nitrogens with zero attached hydrogens (tertiary/aromatic N) is 2. The van der Waals surface area contributed by atoms with Crippen molar-refractivity contribution in [1.82, 2.24) is 9.97 Å². The van der Waals surface area contributed by atoms with Crippen molar-refractivity contribution >= 4 is 34.3 Å². The fraction of sp³-hybridized carbons (Fsp3) is 0.227. The quantitative estimate of drug-likeness (QED) is 0.486. The van der Waals surface area contributed by atoms with Gasteiger partial charge in [0.05, 0.1) is 30.6 Å². The molecule has 0 radical (unpaired) electrons. The van der Waals surface area contributed by atoms with Crippen LogP contribution in [0.5, 0.6) is 0 Å². The second kappa shape index (κ2) is 9.75. The summed E-state index contributed by atoms with van der Waals surface area (Å²) in [5.74, 6) is 0.418. The van der Waals surface area contributed by atoms with Gasteiger partial charge in [0.2, 0.25) is 5.91 Å². The molecule has 28 heavy (non-hydrogen) atoms. The monoisotopic (exact) mass is 487 g/mol. The summed E-state index contributed by atoms with van der Waals surface area (Å²) in [5, 5.41) is 12.1. The SMILES string of the molecule is CCCc1nc(-c2ccc(CO)cc2)cnc1NC(=O)Cc1ccc(I)cc1. The molecule has 0 aliphatic rings. The van der Waals surface area contributed by atoms with Gasteiger partial charge in [0, 0.05) is 9.13 Å². The van der Waals surface area contributed by atoms with E-state index in [2.05, 4.69) is 39.8 Å². The molecule has 0 atom stereocenters. The number of aliphatic hydroxyl groups excluding tert-OH is 1. The van der Waals surface area contributed by atoms with E-state index in [9.17, 15) is 9.90 Å². The lowest BCUT2D eigenvalue weighted by Gasteiger charge is -2.11. The molecule has 0 saturated carbocycles. The van der Waals surface area contributed by atoms with E-state index in [1.807, 2.05) is 48.5 Å². The van der Waals surface area contributed by atoms with Crippen LogP contribution in [0.2, 0.25) is 0 Å². The molecule has 5 nitrogen and oxygen atoms in total. The molecule has 0 aliphatic heterocycles. The molecule has 1 heterocycles. The van der Waals surface area contributed by atoms with E-state index in [4.69, 9.17) is 4.98 Å². The summed E-state index contributed by atoms with van der Waals surface area (Å²) in [4.78, 5) is 21.6.